The Labute approximate surface area is 118 Å². The second-order valence-corrected chi connectivity index (χ2v) is 5.92. The topological polar surface area (TPSA) is 88.4 Å². The summed E-state index contributed by atoms with van der Waals surface area (Å²) in [6, 6.07) is 2.18. The quantitative estimate of drug-likeness (QED) is 0.900. The van der Waals surface area contributed by atoms with Gasteiger partial charge in [0.05, 0.1) is 11.3 Å². The lowest BCUT2D eigenvalue weighted by Crippen LogP contribution is -2.16. The molecule has 2 rings (SSSR count). The molecule has 2 N–H and O–H groups in total. The van der Waals surface area contributed by atoms with E-state index in [1.807, 2.05) is 4.72 Å². The Hall–Kier alpha value is -2.42. The van der Waals surface area contributed by atoms with Crippen LogP contribution in [0.1, 0.15) is 10.4 Å². The largest absolute Gasteiger partial charge is 0.478 e. The molecule has 0 unspecified atom stereocenters. The highest BCUT2D eigenvalue weighted by molar-refractivity contribution is 7.92. The van der Waals surface area contributed by atoms with Gasteiger partial charge >= 0.3 is 5.97 Å². The first-order chi connectivity index (χ1) is 9.70. The van der Waals surface area contributed by atoms with Gasteiger partial charge in [0.1, 0.15) is 4.90 Å². The van der Waals surface area contributed by atoms with Crippen LogP contribution in [0.15, 0.2) is 35.5 Å². The van der Waals surface area contributed by atoms with Crippen LogP contribution in [0.3, 0.4) is 0 Å². The van der Waals surface area contributed by atoms with Crippen LogP contribution in [-0.2, 0) is 17.1 Å². The molecule has 0 aliphatic carbocycles. The fourth-order valence-corrected chi connectivity index (χ4v) is 2.77. The zero-order chi connectivity index (χ0) is 15.8. The molecule has 0 saturated carbocycles. The number of halogens is 2. The summed E-state index contributed by atoms with van der Waals surface area (Å²) in [4.78, 5) is 10.9. The van der Waals surface area contributed by atoms with Crippen molar-refractivity contribution in [3.63, 3.8) is 0 Å². The fourth-order valence-electron chi connectivity index (χ4n) is 1.65. The van der Waals surface area contributed by atoms with Crippen LogP contribution in [0.2, 0.25) is 0 Å². The van der Waals surface area contributed by atoms with Crippen molar-refractivity contribution in [3.8, 4) is 0 Å². The van der Waals surface area contributed by atoms with Crippen LogP contribution in [0.5, 0.6) is 0 Å². The van der Waals surface area contributed by atoms with Crippen molar-refractivity contribution in [1.82, 2.24) is 4.57 Å². The van der Waals surface area contributed by atoms with Crippen LogP contribution in [0.4, 0.5) is 14.5 Å². The monoisotopic (exact) mass is 316 g/mol. The molecule has 0 saturated heterocycles. The van der Waals surface area contributed by atoms with Crippen molar-refractivity contribution in [2.45, 2.75) is 4.90 Å². The summed E-state index contributed by atoms with van der Waals surface area (Å²) in [5, 5.41) is 8.92. The molecule has 0 radical (unpaired) electrons. The van der Waals surface area contributed by atoms with E-state index in [0.29, 0.717) is 12.1 Å². The number of benzene rings is 1. The van der Waals surface area contributed by atoms with E-state index < -0.39 is 38.9 Å². The number of nitrogens with zero attached hydrogens (tertiary/aromatic N) is 1. The van der Waals surface area contributed by atoms with E-state index in [-0.39, 0.29) is 4.90 Å². The Balaban J connectivity index is 2.48. The SMILES string of the molecule is Cn1ccc(S(=O)(=O)Nc2cc(F)c(F)cc2C(=O)O)c1. The molecule has 21 heavy (non-hydrogen) atoms. The van der Waals surface area contributed by atoms with Gasteiger partial charge in [0.15, 0.2) is 11.6 Å². The molecule has 0 spiro atoms. The average Bonchev–Trinajstić information content (AvgIpc) is 2.80. The number of anilines is 1. The number of rotatable bonds is 4. The van der Waals surface area contributed by atoms with E-state index in [9.17, 15) is 22.0 Å². The van der Waals surface area contributed by atoms with Gasteiger partial charge < -0.3 is 9.67 Å². The number of carboxylic acids is 1. The number of sulfonamides is 1. The lowest BCUT2D eigenvalue weighted by Gasteiger charge is -2.10. The van der Waals surface area contributed by atoms with Gasteiger partial charge in [0, 0.05) is 25.5 Å². The summed E-state index contributed by atoms with van der Waals surface area (Å²) in [6.07, 6.45) is 2.75. The Kier molecular flexibility index (Phi) is 3.69. The second kappa shape index (κ2) is 5.17. The number of aromatic carboxylic acids is 1. The predicted molar refractivity (Wildman–Crippen MR) is 69.5 cm³/mol. The van der Waals surface area contributed by atoms with Gasteiger partial charge in [0.2, 0.25) is 0 Å². The summed E-state index contributed by atoms with van der Waals surface area (Å²) < 4.78 is 53.8. The molecule has 0 aliphatic rings. The second-order valence-electron chi connectivity index (χ2n) is 4.24. The standard InChI is InChI=1S/C12H10F2N2O4S/c1-16-3-2-7(6-16)21(19,20)15-11-5-10(14)9(13)4-8(11)12(17)18/h2-6,15H,1H3,(H,17,18). The van der Waals surface area contributed by atoms with Crippen molar-refractivity contribution >= 4 is 21.7 Å². The maximum absolute atomic E-state index is 13.2. The maximum atomic E-state index is 13.2. The summed E-state index contributed by atoms with van der Waals surface area (Å²) in [7, 11) is -2.50. The number of nitrogens with one attached hydrogen (secondary N) is 1. The molecule has 0 atom stereocenters. The van der Waals surface area contributed by atoms with Crippen LogP contribution >= 0.6 is 0 Å². The highest BCUT2D eigenvalue weighted by Crippen LogP contribution is 2.23. The first-order valence-corrected chi connectivity index (χ1v) is 7.06. The lowest BCUT2D eigenvalue weighted by molar-refractivity contribution is 0.0697. The van der Waals surface area contributed by atoms with Crippen LogP contribution < -0.4 is 4.72 Å². The Bertz CT molecular complexity index is 815. The Morgan fingerprint density at radius 2 is 1.90 bits per heavy atom. The van der Waals surface area contributed by atoms with Crippen molar-refractivity contribution < 1.29 is 27.1 Å². The first kappa shape index (κ1) is 15.0. The highest BCUT2D eigenvalue weighted by Gasteiger charge is 2.21. The van der Waals surface area contributed by atoms with Gasteiger partial charge in [-0.25, -0.2) is 22.0 Å². The minimum Gasteiger partial charge on any atom is -0.478 e. The number of hydrogen-bond donors (Lipinski definition) is 2. The zero-order valence-electron chi connectivity index (χ0n) is 10.7. The molecular weight excluding hydrogens is 306 g/mol. The minimum absolute atomic E-state index is 0.133. The van der Waals surface area contributed by atoms with Crippen molar-refractivity contribution in [2.24, 2.45) is 7.05 Å². The normalized spacial score (nSPS) is 11.4. The molecule has 9 heteroatoms. The lowest BCUT2D eigenvalue weighted by atomic mass is 10.2. The Morgan fingerprint density at radius 3 is 2.43 bits per heavy atom. The van der Waals surface area contributed by atoms with Crippen molar-refractivity contribution in [1.29, 1.82) is 0 Å². The fraction of sp³-hybridized carbons (Fsp3) is 0.0833. The van der Waals surface area contributed by atoms with E-state index in [1.54, 1.807) is 7.05 Å². The van der Waals surface area contributed by atoms with Gasteiger partial charge in [-0.1, -0.05) is 0 Å². The van der Waals surface area contributed by atoms with E-state index in [2.05, 4.69) is 0 Å². The summed E-state index contributed by atoms with van der Waals surface area (Å²) in [6.45, 7) is 0. The smallest absolute Gasteiger partial charge is 0.337 e. The molecule has 0 bridgehead atoms. The molecule has 1 aromatic heterocycles. The molecular formula is C12H10F2N2O4S. The zero-order valence-corrected chi connectivity index (χ0v) is 11.5. The molecule has 0 fully saturated rings. The number of aromatic nitrogens is 1. The summed E-state index contributed by atoms with van der Waals surface area (Å²) in [5.41, 5.74) is -1.24. The van der Waals surface area contributed by atoms with Crippen LogP contribution in [-0.4, -0.2) is 24.1 Å². The summed E-state index contributed by atoms with van der Waals surface area (Å²) >= 11 is 0. The van der Waals surface area contributed by atoms with Crippen molar-refractivity contribution in [3.05, 3.63) is 47.8 Å². The molecule has 0 amide bonds. The van der Waals surface area contributed by atoms with Gasteiger partial charge in [-0.05, 0) is 12.1 Å². The van der Waals surface area contributed by atoms with Crippen LogP contribution in [0, 0.1) is 11.6 Å². The number of aryl methyl sites for hydroxylation is 1. The van der Waals surface area contributed by atoms with E-state index in [0.717, 1.165) is 0 Å². The molecule has 112 valence electrons. The summed E-state index contributed by atoms with van der Waals surface area (Å²) in [5.74, 6) is -4.32. The molecule has 1 heterocycles. The number of carbonyl (C=O) groups is 1. The third kappa shape index (κ3) is 3.02. The van der Waals surface area contributed by atoms with Crippen molar-refractivity contribution in [2.75, 3.05) is 4.72 Å². The molecule has 6 nitrogen and oxygen atoms in total. The van der Waals surface area contributed by atoms with Crippen LogP contribution in [0.25, 0.3) is 0 Å². The van der Waals surface area contributed by atoms with E-state index >= 15 is 0 Å². The number of hydrogen-bond acceptors (Lipinski definition) is 3. The molecule has 2 aromatic rings. The first-order valence-electron chi connectivity index (χ1n) is 5.58. The van der Waals surface area contributed by atoms with E-state index in [1.165, 1.54) is 23.0 Å². The minimum atomic E-state index is -4.10. The van der Waals surface area contributed by atoms with Gasteiger partial charge in [0.25, 0.3) is 10.0 Å². The molecule has 0 aliphatic heterocycles. The average molecular weight is 316 g/mol. The predicted octanol–water partition coefficient (Wildman–Crippen LogP) is 1.80. The third-order valence-electron chi connectivity index (χ3n) is 2.65. The maximum Gasteiger partial charge on any atom is 0.337 e. The third-order valence-corrected chi connectivity index (χ3v) is 4.00. The number of carboxylic acid groups (broad SMARTS) is 1. The Morgan fingerprint density at radius 1 is 1.29 bits per heavy atom. The highest BCUT2D eigenvalue weighted by atomic mass is 32.2. The molecule has 1 aromatic carbocycles. The van der Waals surface area contributed by atoms with Gasteiger partial charge in [-0.15, -0.1) is 0 Å². The van der Waals surface area contributed by atoms with Gasteiger partial charge in [-0.3, -0.25) is 4.72 Å². The van der Waals surface area contributed by atoms with E-state index in [4.69, 9.17) is 5.11 Å². The van der Waals surface area contributed by atoms with Gasteiger partial charge in [-0.2, -0.15) is 0 Å².